The Labute approximate surface area is 107 Å². The SMILES string of the molecule is C[C@H](NC1CCOC2(CCC2)C1)c1cccs1. The molecule has 2 atom stereocenters. The van der Waals surface area contributed by atoms with Crippen LogP contribution in [0.25, 0.3) is 0 Å². The number of hydrogen-bond donors (Lipinski definition) is 1. The molecule has 1 aliphatic carbocycles. The van der Waals surface area contributed by atoms with E-state index in [2.05, 4.69) is 29.8 Å². The van der Waals surface area contributed by atoms with Crippen molar-refractivity contribution in [3.05, 3.63) is 22.4 Å². The van der Waals surface area contributed by atoms with E-state index in [1.54, 1.807) is 0 Å². The lowest BCUT2D eigenvalue weighted by atomic mass is 9.74. The van der Waals surface area contributed by atoms with Crippen molar-refractivity contribution in [2.45, 2.75) is 56.7 Å². The Morgan fingerprint density at radius 3 is 3.06 bits per heavy atom. The summed E-state index contributed by atoms with van der Waals surface area (Å²) in [6, 6.07) is 5.48. The maximum absolute atomic E-state index is 5.97. The summed E-state index contributed by atoms with van der Waals surface area (Å²) in [6.45, 7) is 3.21. The van der Waals surface area contributed by atoms with E-state index < -0.39 is 0 Å². The Morgan fingerprint density at radius 1 is 1.53 bits per heavy atom. The second kappa shape index (κ2) is 4.71. The fourth-order valence-electron chi connectivity index (χ4n) is 3.06. The summed E-state index contributed by atoms with van der Waals surface area (Å²) in [5, 5.41) is 5.93. The summed E-state index contributed by atoms with van der Waals surface area (Å²) >= 11 is 1.85. The maximum Gasteiger partial charge on any atom is 0.0697 e. The lowest BCUT2D eigenvalue weighted by Gasteiger charge is -2.47. The molecule has 2 nitrogen and oxygen atoms in total. The first-order valence-electron chi connectivity index (χ1n) is 6.71. The van der Waals surface area contributed by atoms with E-state index in [0.29, 0.717) is 12.1 Å². The number of ether oxygens (including phenoxy) is 1. The third-order valence-corrected chi connectivity index (χ3v) is 5.27. The van der Waals surface area contributed by atoms with Crippen LogP contribution in [0.3, 0.4) is 0 Å². The molecule has 0 radical (unpaired) electrons. The van der Waals surface area contributed by atoms with Gasteiger partial charge in [0, 0.05) is 23.6 Å². The van der Waals surface area contributed by atoms with E-state index in [-0.39, 0.29) is 5.60 Å². The molecule has 0 bridgehead atoms. The van der Waals surface area contributed by atoms with Crippen molar-refractivity contribution in [3.63, 3.8) is 0 Å². The van der Waals surface area contributed by atoms with Crippen molar-refractivity contribution >= 4 is 11.3 Å². The third-order valence-electron chi connectivity index (χ3n) is 4.21. The van der Waals surface area contributed by atoms with Crippen molar-refractivity contribution < 1.29 is 4.74 Å². The van der Waals surface area contributed by atoms with Crippen molar-refractivity contribution in [1.82, 2.24) is 5.32 Å². The van der Waals surface area contributed by atoms with Crippen LogP contribution in [0.2, 0.25) is 0 Å². The van der Waals surface area contributed by atoms with E-state index >= 15 is 0 Å². The highest BCUT2D eigenvalue weighted by Crippen LogP contribution is 2.42. The summed E-state index contributed by atoms with van der Waals surface area (Å²) < 4.78 is 5.97. The lowest BCUT2D eigenvalue weighted by molar-refractivity contribution is -0.136. The molecule has 1 unspecified atom stereocenters. The average molecular weight is 251 g/mol. The topological polar surface area (TPSA) is 21.3 Å². The molecule has 1 aromatic rings. The van der Waals surface area contributed by atoms with Gasteiger partial charge < -0.3 is 10.1 Å². The van der Waals surface area contributed by atoms with Crippen LogP contribution in [0.15, 0.2) is 17.5 Å². The molecule has 1 saturated carbocycles. The van der Waals surface area contributed by atoms with Gasteiger partial charge in [0.25, 0.3) is 0 Å². The van der Waals surface area contributed by atoms with Gasteiger partial charge in [-0.1, -0.05) is 6.07 Å². The molecule has 1 saturated heterocycles. The number of nitrogens with one attached hydrogen (secondary N) is 1. The molecular formula is C14H21NOS. The van der Waals surface area contributed by atoms with Crippen LogP contribution < -0.4 is 5.32 Å². The van der Waals surface area contributed by atoms with Crippen LogP contribution in [0.4, 0.5) is 0 Å². The minimum atomic E-state index is 0.255. The predicted octanol–water partition coefficient (Wildman–Crippen LogP) is 3.50. The van der Waals surface area contributed by atoms with Gasteiger partial charge in [-0.25, -0.2) is 0 Å². The van der Waals surface area contributed by atoms with Crippen LogP contribution in [-0.2, 0) is 4.74 Å². The molecule has 2 heterocycles. The smallest absolute Gasteiger partial charge is 0.0697 e. The zero-order chi connectivity index (χ0) is 11.7. The Kier molecular flexibility index (Phi) is 3.24. The first-order chi connectivity index (χ1) is 8.27. The molecule has 94 valence electrons. The first-order valence-corrected chi connectivity index (χ1v) is 7.59. The second-order valence-corrected chi connectivity index (χ2v) is 6.46. The van der Waals surface area contributed by atoms with Gasteiger partial charge in [-0.3, -0.25) is 0 Å². The summed E-state index contributed by atoms with van der Waals surface area (Å²) in [7, 11) is 0. The molecular weight excluding hydrogens is 230 g/mol. The van der Waals surface area contributed by atoms with Gasteiger partial charge in [-0.2, -0.15) is 0 Å². The second-order valence-electron chi connectivity index (χ2n) is 5.48. The standard InChI is InChI=1S/C14H21NOS/c1-11(13-4-2-9-17-13)15-12-5-8-16-14(10-12)6-3-7-14/h2,4,9,11-12,15H,3,5-8,10H2,1H3/t11-,12?/m0/s1. The molecule has 17 heavy (non-hydrogen) atoms. The van der Waals surface area contributed by atoms with Crippen LogP contribution in [0, 0.1) is 0 Å². The van der Waals surface area contributed by atoms with Gasteiger partial charge in [0.1, 0.15) is 0 Å². The summed E-state index contributed by atoms with van der Waals surface area (Å²) in [5.41, 5.74) is 0.255. The first kappa shape index (κ1) is 11.7. The van der Waals surface area contributed by atoms with Crippen molar-refractivity contribution in [2.75, 3.05) is 6.61 Å². The molecule has 2 aliphatic rings. The molecule has 2 fully saturated rings. The highest BCUT2D eigenvalue weighted by molar-refractivity contribution is 7.10. The molecule has 3 heteroatoms. The summed E-state index contributed by atoms with van der Waals surface area (Å²) in [5.74, 6) is 0. The van der Waals surface area contributed by atoms with Crippen LogP contribution in [0.1, 0.15) is 49.9 Å². The third kappa shape index (κ3) is 2.42. The van der Waals surface area contributed by atoms with Crippen LogP contribution in [-0.4, -0.2) is 18.2 Å². The number of thiophene rings is 1. The van der Waals surface area contributed by atoms with Gasteiger partial charge in [0.05, 0.1) is 5.60 Å². The molecule has 1 spiro atoms. The van der Waals surface area contributed by atoms with Crippen molar-refractivity contribution in [3.8, 4) is 0 Å². The van der Waals surface area contributed by atoms with Gasteiger partial charge in [0.2, 0.25) is 0 Å². The summed E-state index contributed by atoms with van der Waals surface area (Å²) in [6.07, 6.45) is 6.28. The van der Waals surface area contributed by atoms with E-state index in [4.69, 9.17) is 4.74 Å². The van der Waals surface area contributed by atoms with Gasteiger partial charge in [-0.15, -0.1) is 11.3 Å². The fourth-order valence-corrected chi connectivity index (χ4v) is 3.81. The number of hydrogen-bond acceptors (Lipinski definition) is 3. The Morgan fingerprint density at radius 2 is 2.41 bits per heavy atom. The Hall–Kier alpha value is -0.380. The van der Waals surface area contributed by atoms with E-state index in [1.165, 1.54) is 30.6 Å². The zero-order valence-electron chi connectivity index (χ0n) is 10.4. The monoisotopic (exact) mass is 251 g/mol. The summed E-state index contributed by atoms with van der Waals surface area (Å²) in [4.78, 5) is 1.44. The Balaban J connectivity index is 1.58. The maximum atomic E-state index is 5.97. The number of rotatable bonds is 3. The van der Waals surface area contributed by atoms with Gasteiger partial charge >= 0.3 is 0 Å². The molecule has 1 aromatic heterocycles. The van der Waals surface area contributed by atoms with Gasteiger partial charge in [-0.05, 0) is 50.5 Å². The fraction of sp³-hybridized carbons (Fsp3) is 0.714. The van der Waals surface area contributed by atoms with Gasteiger partial charge in [0.15, 0.2) is 0 Å². The normalized spacial score (nSPS) is 28.9. The van der Waals surface area contributed by atoms with Crippen molar-refractivity contribution in [2.24, 2.45) is 0 Å². The highest BCUT2D eigenvalue weighted by Gasteiger charge is 2.42. The minimum Gasteiger partial charge on any atom is -0.375 e. The average Bonchev–Trinajstić information content (AvgIpc) is 2.81. The lowest BCUT2D eigenvalue weighted by Crippen LogP contribution is -2.51. The molecule has 3 rings (SSSR count). The van der Waals surface area contributed by atoms with Crippen LogP contribution >= 0.6 is 11.3 Å². The largest absolute Gasteiger partial charge is 0.375 e. The molecule has 0 aromatic carbocycles. The highest BCUT2D eigenvalue weighted by atomic mass is 32.1. The molecule has 1 N–H and O–H groups in total. The minimum absolute atomic E-state index is 0.255. The predicted molar refractivity (Wildman–Crippen MR) is 71.4 cm³/mol. The van der Waals surface area contributed by atoms with E-state index in [0.717, 1.165) is 13.0 Å². The van der Waals surface area contributed by atoms with Crippen LogP contribution in [0.5, 0.6) is 0 Å². The van der Waals surface area contributed by atoms with E-state index in [1.807, 2.05) is 11.3 Å². The molecule has 0 amide bonds. The molecule has 1 aliphatic heterocycles. The zero-order valence-corrected chi connectivity index (χ0v) is 11.3. The van der Waals surface area contributed by atoms with E-state index in [9.17, 15) is 0 Å². The Bertz CT molecular complexity index is 358. The van der Waals surface area contributed by atoms with Crippen molar-refractivity contribution in [1.29, 1.82) is 0 Å². The quantitative estimate of drug-likeness (QED) is 0.887.